The van der Waals surface area contributed by atoms with E-state index in [-0.39, 0.29) is 4.90 Å². The molecule has 0 fully saturated rings. The van der Waals surface area contributed by atoms with Gasteiger partial charge in [0.2, 0.25) is 10.0 Å². The zero-order valence-electron chi connectivity index (χ0n) is 14.2. The van der Waals surface area contributed by atoms with Crippen molar-refractivity contribution >= 4 is 10.0 Å². The fourth-order valence-electron chi connectivity index (χ4n) is 2.51. The molecule has 0 aliphatic carbocycles. The highest BCUT2D eigenvalue weighted by atomic mass is 32.2. The maximum absolute atomic E-state index is 12.7. The van der Waals surface area contributed by atoms with E-state index in [1.54, 1.807) is 33.9 Å². The standard InChI is InChI=1S/C15H25NO5S/c1-9-8-13(19-5)10(2)11(3)14(9)22(17,18)16-12(4)15(20-6)21-7/h8,12,15-16H,1-7H3. The smallest absolute Gasteiger partial charge is 0.241 e. The predicted molar refractivity (Wildman–Crippen MR) is 84.8 cm³/mol. The third-order valence-electron chi connectivity index (χ3n) is 3.68. The molecule has 0 spiro atoms. The maximum atomic E-state index is 12.7. The van der Waals surface area contributed by atoms with Crippen molar-refractivity contribution in [3.63, 3.8) is 0 Å². The average molecular weight is 331 g/mol. The van der Waals surface area contributed by atoms with Gasteiger partial charge in [0.25, 0.3) is 0 Å². The second-order valence-electron chi connectivity index (χ2n) is 5.22. The van der Waals surface area contributed by atoms with Crippen LogP contribution in [0.3, 0.4) is 0 Å². The largest absolute Gasteiger partial charge is 0.496 e. The minimum atomic E-state index is -3.70. The molecule has 7 heteroatoms. The maximum Gasteiger partial charge on any atom is 0.241 e. The zero-order chi connectivity index (χ0) is 17.1. The number of rotatable bonds is 7. The average Bonchev–Trinajstić information content (AvgIpc) is 2.43. The summed E-state index contributed by atoms with van der Waals surface area (Å²) in [5.74, 6) is 0.675. The Morgan fingerprint density at radius 1 is 1.05 bits per heavy atom. The number of aryl methyl sites for hydroxylation is 1. The van der Waals surface area contributed by atoms with Crippen molar-refractivity contribution < 1.29 is 22.6 Å². The van der Waals surface area contributed by atoms with Crippen LogP contribution in [0.2, 0.25) is 0 Å². The van der Waals surface area contributed by atoms with Crippen molar-refractivity contribution in [2.45, 2.75) is 44.9 Å². The van der Waals surface area contributed by atoms with Crippen LogP contribution in [0, 0.1) is 20.8 Å². The fraction of sp³-hybridized carbons (Fsp3) is 0.600. The second kappa shape index (κ2) is 7.41. The quantitative estimate of drug-likeness (QED) is 0.773. The zero-order valence-corrected chi connectivity index (χ0v) is 15.0. The van der Waals surface area contributed by atoms with Gasteiger partial charge in [-0.2, -0.15) is 0 Å². The highest BCUT2D eigenvalue weighted by Crippen LogP contribution is 2.30. The van der Waals surface area contributed by atoms with E-state index in [4.69, 9.17) is 14.2 Å². The lowest BCUT2D eigenvalue weighted by Crippen LogP contribution is -2.43. The molecule has 0 aromatic heterocycles. The van der Waals surface area contributed by atoms with Gasteiger partial charge in [0.15, 0.2) is 6.29 Å². The molecule has 0 heterocycles. The van der Waals surface area contributed by atoms with Crippen LogP contribution < -0.4 is 9.46 Å². The summed E-state index contributed by atoms with van der Waals surface area (Å²) in [5.41, 5.74) is 2.10. The molecular weight excluding hydrogens is 306 g/mol. The van der Waals surface area contributed by atoms with Crippen molar-refractivity contribution in [3.8, 4) is 5.75 Å². The molecule has 0 saturated carbocycles. The third-order valence-corrected chi connectivity index (χ3v) is 5.53. The minimum Gasteiger partial charge on any atom is -0.496 e. The van der Waals surface area contributed by atoms with Gasteiger partial charge in [-0.05, 0) is 50.5 Å². The predicted octanol–water partition coefficient (Wildman–Crippen LogP) is 1.91. The molecule has 1 atom stereocenters. The van der Waals surface area contributed by atoms with Gasteiger partial charge in [-0.1, -0.05) is 0 Å². The normalized spacial score (nSPS) is 13.5. The Hall–Kier alpha value is -1.15. The highest BCUT2D eigenvalue weighted by molar-refractivity contribution is 7.89. The Kier molecular flexibility index (Phi) is 6.37. The number of benzene rings is 1. The first-order chi connectivity index (χ1) is 10.2. The van der Waals surface area contributed by atoms with Gasteiger partial charge in [-0.25, -0.2) is 13.1 Å². The van der Waals surface area contributed by atoms with Crippen LogP contribution in [0.25, 0.3) is 0 Å². The molecule has 0 saturated heterocycles. The van der Waals surface area contributed by atoms with Crippen molar-refractivity contribution in [1.82, 2.24) is 4.72 Å². The Balaban J connectivity index is 3.27. The highest BCUT2D eigenvalue weighted by Gasteiger charge is 2.27. The summed E-state index contributed by atoms with van der Waals surface area (Å²) in [5, 5.41) is 0. The topological polar surface area (TPSA) is 73.9 Å². The van der Waals surface area contributed by atoms with Crippen LogP contribution in [0.1, 0.15) is 23.6 Å². The van der Waals surface area contributed by atoms with E-state index < -0.39 is 22.4 Å². The number of hydrogen-bond acceptors (Lipinski definition) is 5. The van der Waals surface area contributed by atoms with E-state index in [0.29, 0.717) is 16.9 Å². The van der Waals surface area contributed by atoms with E-state index in [1.807, 2.05) is 6.92 Å². The Morgan fingerprint density at radius 2 is 1.59 bits per heavy atom. The van der Waals surface area contributed by atoms with Crippen LogP contribution in [0.15, 0.2) is 11.0 Å². The lowest BCUT2D eigenvalue weighted by Gasteiger charge is -2.23. The first kappa shape index (κ1) is 18.9. The van der Waals surface area contributed by atoms with Crippen molar-refractivity contribution in [1.29, 1.82) is 0 Å². The van der Waals surface area contributed by atoms with Crippen LogP contribution in [0.5, 0.6) is 5.75 Å². The molecule has 1 aromatic carbocycles. The van der Waals surface area contributed by atoms with Crippen molar-refractivity contribution in [3.05, 3.63) is 22.8 Å². The molecule has 0 aliphatic heterocycles. The van der Waals surface area contributed by atoms with Crippen LogP contribution in [-0.2, 0) is 19.5 Å². The van der Waals surface area contributed by atoms with Gasteiger partial charge in [0.1, 0.15) is 5.75 Å². The van der Waals surface area contributed by atoms with E-state index >= 15 is 0 Å². The molecule has 126 valence electrons. The molecule has 1 aromatic rings. The van der Waals surface area contributed by atoms with Gasteiger partial charge in [-0.15, -0.1) is 0 Å². The van der Waals surface area contributed by atoms with Gasteiger partial charge >= 0.3 is 0 Å². The molecule has 0 amide bonds. The van der Waals surface area contributed by atoms with E-state index in [9.17, 15) is 8.42 Å². The number of methoxy groups -OCH3 is 3. The molecule has 0 aliphatic rings. The Morgan fingerprint density at radius 3 is 2.05 bits per heavy atom. The van der Waals surface area contributed by atoms with E-state index in [0.717, 1.165) is 5.56 Å². The van der Waals surface area contributed by atoms with E-state index in [2.05, 4.69) is 4.72 Å². The number of nitrogens with one attached hydrogen (secondary N) is 1. The molecule has 1 unspecified atom stereocenters. The molecule has 0 bridgehead atoms. The summed E-state index contributed by atoms with van der Waals surface area (Å²) < 4.78 is 43.5. The van der Waals surface area contributed by atoms with Crippen molar-refractivity contribution in [2.75, 3.05) is 21.3 Å². The van der Waals surface area contributed by atoms with Gasteiger partial charge in [0, 0.05) is 14.2 Å². The number of sulfonamides is 1. The summed E-state index contributed by atoms with van der Waals surface area (Å²) in [6.07, 6.45) is -0.658. The monoisotopic (exact) mass is 331 g/mol. The number of ether oxygens (including phenoxy) is 3. The molecule has 1 rings (SSSR count). The molecule has 6 nitrogen and oxygen atoms in total. The summed E-state index contributed by atoms with van der Waals surface area (Å²) in [6, 6.07) is 1.20. The van der Waals surface area contributed by atoms with Gasteiger partial charge in [0.05, 0.1) is 18.0 Å². The van der Waals surface area contributed by atoms with Crippen molar-refractivity contribution in [2.24, 2.45) is 0 Å². The van der Waals surface area contributed by atoms with E-state index in [1.165, 1.54) is 14.2 Å². The lowest BCUT2D eigenvalue weighted by atomic mass is 10.1. The summed E-state index contributed by atoms with van der Waals surface area (Å²) in [6.45, 7) is 7.05. The van der Waals surface area contributed by atoms with Crippen LogP contribution in [-0.4, -0.2) is 42.1 Å². The van der Waals surface area contributed by atoms with Crippen LogP contribution in [0.4, 0.5) is 0 Å². The lowest BCUT2D eigenvalue weighted by molar-refractivity contribution is -0.115. The molecule has 0 radical (unpaired) electrons. The SMILES string of the molecule is COc1cc(C)c(S(=O)(=O)NC(C)C(OC)OC)c(C)c1C. The fourth-order valence-corrected chi connectivity index (χ4v) is 4.27. The molecular formula is C15H25NO5S. The molecule has 1 N–H and O–H groups in total. The Labute approximate surface area is 132 Å². The van der Waals surface area contributed by atoms with Crippen LogP contribution >= 0.6 is 0 Å². The van der Waals surface area contributed by atoms with Gasteiger partial charge < -0.3 is 14.2 Å². The second-order valence-corrected chi connectivity index (χ2v) is 6.88. The molecule has 22 heavy (non-hydrogen) atoms. The summed E-state index contributed by atoms with van der Waals surface area (Å²) >= 11 is 0. The minimum absolute atomic E-state index is 0.267. The summed E-state index contributed by atoms with van der Waals surface area (Å²) in [7, 11) is 0.798. The summed E-state index contributed by atoms with van der Waals surface area (Å²) in [4.78, 5) is 0.267. The third kappa shape index (κ3) is 3.78. The first-order valence-corrected chi connectivity index (χ1v) is 8.40. The Bertz CT molecular complexity index is 623. The number of hydrogen-bond donors (Lipinski definition) is 1. The van der Waals surface area contributed by atoms with Gasteiger partial charge in [-0.3, -0.25) is 0 Å². The first-order valence-electron chi connectivity index (χ1n) is 6.92.